The summed E-state index contributed by atoms with van der Waals surface area (Å²) in [6, 6.07) is 28.2. The molecule has 4 aromatic rings. The molecule has 4 aromatic carbocycles. The molecule has 1 heterocycles. The van der Waals surface area contributed by atoms with Gasteiger partial charge in [-0.25, -0.2) is 0 Å². The van der Waals surface area contributed by atoms with Crippen molar-refractivity contribution >= 4 is 21.5 Å². The molecule has 6 nitrogen and oxygen atoms in total. The van der Waals surface area contributed by atoms with E-state index in [-0.39, 0.29) is 13.2 Å². The second kappa shape index (κ2) is 11.7. The van der Waals surface area contributed by atoms with Gasteiger partial charge in [0.15, 0.2) is 0 Å². The summed E-state index contributed by atoms with van der Waals surface area (Å²) in [5.74, 6) is 1.60. The number of rotatable bonds is 10. The molecule has 1 fully saturated rings. The summed E-state index contributed by atoms with van der Waals surface area (Å²) >= 11 is 0. The first-order valence-electron chi connectivity index (χ1n) is 12.7. The van der Waals surface area contributed by atoms with E-state index in [0.717, 1.165) is 59.2 Å². The van der Waals surface area contributed by atoms with E-state index in [1.54, 1.807) is 0 Å². The van der Waals surface area contributed by atoms with Crippen LogP contribution in [0.1, 0.15) is 0 Å². The Morgan fingerprint density at radius 3 is 1.39 bits per heavy atom. The van der Waals surface area contributed by atoms with Gasteiger partial charge in [-0.1, -0.05) is 72.8 Å². The minimum Gasteiger partial charge on any atom is -0.490 e. The van der Waals surface area contributed by atoms with E-state index in [1.165, 1.54) is 0 Å². The first-order chi connectivity index (χ1) is 17.7. The monoisotopic (exact) mass is 486 g/mol. The highest BCUT2D eigenvalue weighted by molar-refractivity contribution is 5.88. The van der Waals surface area contributed by atoms with Gasteiger partial charge >= 0.3 is 0 Å². The summed E-state index contributed by atoms with van der Waals surface area (Å²) in [6.45, 7) is 5.07. The maximum Gasteiger partial charge on any atom is 0.127 e. The third-order valence-electron chi connectivity index (χ3n) is 6.76. The number of aliphatic hydroxyl groups excluding tert-OH is 2. The zero-order valence-electron chi connectivity index (χ0n) is 20.5. The average molecular weight is 487 g/mol. The number of hydrogen-bond donors (Lipinski definition) is 2. The van der Waals surface area contributed by atoms with Gasteiger partial charge in [-0.2, -0.15) is 0 Å². The predicted octanol–water partition coefficient (Wildman–Crippen LogP) is 3.79. The van der Waals surface area contributed by atoms with E-state index >= 15 is 0 Å². The average Bonchev–Trinajstić information content (AvgIpc) is 2.92. The maximum absolute atomic E-state index is 10.6. The summed E-state index contributed by atoms with van der Waals surface area (Å²) in [6.07, 6.45) is -1.12. The van der Waals surface area contributed by atoms with Crippen LogP contribution in [-0.2, 0) is 0 Å². The molecule has 36 heavy (non-hydrogen) atoms. The van der Waals surface area contributed by atoms with Crippen LogP contribution in [0.15, 0.2) is 84.9 Å². The van der Waals surface area contributed by atoms with Gasteiger partial charge in [-0.05, 0) is 22.9 Å². The van der Waals surface area contributed by atoms with Crippen LogP contribution in [0.25, 0.3) is 21.5 Å². The van der Waals surface area contributed by atoms with Crippen LogP contribution >= 0.6 is 0 Å². The lowest BCUT2D eigenvalue weighted by atomic mass is 10.1. The molecule has 1 aliphatic heterocycles. The van der Waals surface area contributed by atoms with E-state index in [2.05, 4.69) is 34.1 Å². The fourth-order valence-corrected chi connectivity index (χ4v) is 4.87. The number of hydrogen-bond acceptors (Lipinski definition) is 6. The van der Waals surface area contributed by atoms with Gasteiger partial charge in [0, 0.05) is 50.0 Å². The highest BCUT2D eigenvalue weighted by Crippen LogP contribution is 2.26. The van der Waals surface area contributed by atoms with Gasteiger partial charge in [0.05, 0.1) is 0 Å². The van der Waals surface area contributed by atoms with Crippen molar-refractivity contribution in [3.05, 3.63) is 84.9 Å². The smallest absolute Gasteiger partial charge is 0.127 e. The number of nitrogens with zero attached hydrogens (tertiary/aromatic N) is 2. The second-order valence-electron chi connectivity index (χ2n) is 9.49. The Bertz CT molecular complexity index is 1160. The Balaban J connectivity index is 1.03. The van der Waals surface area contributed by atoms with Crippen molar-refractivity contribution < 1.29 is 19.7 Å². The number of β-amino-alcohol motifs (C(OH)–C–C–N with tert-alkyl or cyclic N) is 2. The number of ether oxygens (including phenoxy) is 2. The van der Waals surface area contributed by atoms with Crippen molar-refractivity contribution in [3.63, 3.8) is 0 Å². The number of aliphatic hydroxyl groups is 2. The van der Waals surface area contributed by atoms with Crippen molar-refractivity contribution in [2.75, 3.05) is 52.5 Å². The predicted molar refractivity (Wildman–Crippen MR) is 144 cm³/mol. The summed E-state index contributed by atoms with van der Waals surface area (Å²) in [5.41, 5.74) is 0. The molecule has 0 bridgehead atoms. The SMILES string of the molecule is O[C@H](COc1cccc2ccccc12)CN1CCN(C[C@@H](O)COc2cccc3ccccc23)CC1. The highest BCUT2D eigenvalue weighted by atomic mass is 16.5. The molecule has 0 aromatic heterocycles. The minimum absolute atomic E-state index is 0.262. The molecule has 188 valence electrons. The van der Waals surface area contributed by atoms with Crippen LogP contribution in [0, 0.1) is 0 Å². The van der Waals surface area contributed by atoms with Crippen LogP contribution in [0.2, 0.25) is 0 Å². The standard InChI is InChI=1S/C30H34N2O4/c33-25(21-35-29-13-5-9-23-7-1-3-11-27(23)29)19-31-15-17-32(18-16-31)20-26(34)22-36-30-14-6-10-24-8-2-4-12-28(24)30/h1-14,25-26,33-34H,15-22H2/t25-,26+. The maximum atomic E-state index is 10.6. The third-order valence-corrected chi connectivity index (χ3v) is 6.76. The van der Waals surface area contributed by atoms with Crippen LogP contribution in [0.4, 0.5) is 0 Å². The largest absolute Gasteiger partial charge is 0.490 e. The molecule has 0 unspecified atom stereocenters. The minimum atomic E-state index is -0.560. The molecular formula is C30H34N2O4. The van der Waals surface area contributed by atoms with E-state index in [4.69, 9.17) is 9.47 Å². The van der Waals surface area contributed by atoms with E-state index in [9.17, 15) is 10.2 Å². The lowest BCUT2D eigenvalue weighted by Gasteiger charge is -2.36. The molecule has 2 N–H and O–H groups in total. The molecule has 0 radical (unpaired) electrons. The van der Waals surface area contributed by atoms with Crippen LogP contribution in [-0.4, -0.2) is 84.7 Å². The van der Waals surface area contributed by atoms with Crippen molar-refractivity contribution in [1.82, 2.24) is 9.80 Å². The van der Waals surface area contributed by atoms with Gasteiger partial charge < -0.3 is 19.7 Å². The van der Waals surface area contributed by atoms with Crippen molar-refractivity contribution in [3.8, 4) is 11.5 Å². The quantitative estimate of drug-likeness (QED) is 0.356. The van der Waals surface area contributed by atoms with Gasteiger partial charge in [0.2, 0.25) is 0 Å². The van der Waals surface area contributed by atoms with Crippen LogP contribution in [0.3, 0.4) is 0 Å². The van der Waals surface area contributed by atoms with E-state index in [0.29, 0.717) is 13.1 Å². The lowest BCUT2D eigenvalue weighted by Crippen LogP contribution is -2.51. The molecule has 0 aliphatic carbocycles. The Labute approximate surface area is 212 Å². The summed E-state index contributed by atoms with van der Waals surface area (Å²) in [5, 5.41) is 25.5. The first-order valence-corrected chi connectivity index (χ1v) is 12.7. The van der Waals surface area contributed by atoms with Crippen LogP contribution in [0.5, 0.6) is 11.5 Å². The lowest BCUT2D eigenvalue weighted by molar-refractivity contribution is 0.0244. The summed E-state index contributed by atoms with van der Waals surface area (Å²) < 4.78 is 11.9. The number of piperazine rings is 1. The first kappa shape index (κ1) is 24.5. The third kappa shape index (κ3) is 6.15. The molecule has 1 saturated heterocycles. The highest BCUT2D eigenvalue weighted by Gasteiger charge is 2.21. The summed E-state index contributed by atoms with van der Waals surface area (Å²) in [7, 11) is 0. The molecule has 2 atom stereocenters. The number of benzene rings is 4. The van der Waals surface area contributed by atoms with Crippen molar-refractivity contribution in [2.24, 2.45) is 0 Å². The fourth-order valence-electron chi connectivity index (χ4n) is 4.87. The van der Waals surface area contributed by atoms with Gasteiger partial charge in [0.25, 0.3) is 0 Å². The Kier molecular flexibility index (Phi) is 7.98. The Morgan fingerprint density at radius 2 is 0.944 bits per heavy atom. The van der Waals surface area contributed by atoms with Gasteiger partial charge in [-0.3, -0.25) is 9.80 Å². The zero-order valence-corrected chi connectivity index (χ0v) is 20.5. The normalized spacial score (nSPS) is 16.7. The van der Waals surface area contributed by atoms with E-state index < -0.39 is 12.2 Å². The Hall–Kier alpha value is -3.16. The molecule has 0 spiro atoms. The number of fused-ring (bicyclic) bond motifs is 2. The summed E-state index contributed by atoms with van der Waals surface area (Å²) in [4.78, 5) is 4.51. The topological polar surface area (TPSA) is 65.4 Å². The molecule has 5 rings (SSSR count). The van der Waals surface area contributed by atoms with E-state index in [1.807, 2.05) is 60.7 Å². The molecule has 1 aliphatic rings. The fraction of sp³-hybridized carbons (Fsp3) is 0.333. The molecular weight excluding hydrogens is 452 g/mol. The Morgan fingerprint density at radius 1 is 0.556 bits per heavy atom. The van der Waals surface area contributed by atoms with Gasteiger partial charge in [-0.15, -0.1) is 0 Å². The molecule has 0 amide bonds. The van der Waals surface area contributed by atoms with Crippen molar-refractivity contribution in [2.45, 2.75) is 12.2 Å². The zero-order chi connectivity index (χ0) is 24.7. The van der Waals surface area contributed by atoms with Crippen molar-refractivity contribution in [1.29, 1.82) is 0 Å². The van der Waals surface area contributed by atoms with Gasteiger partial charge in [0.1, 0.15) is 36.9 Å². The van der Waals surface area contributed by atoms with Crippen LogP contribution < -0.4 is 9.47 Å². The second-order valence-corrected chi connectivity index (χ2v) is 9.49. The molecule has 0 saturated carbocycles. The molecule has 6 heteroatoms.